The van der Waals surface area contributed by atoms with Crippen LogP contribution in [0.5, 0.6) is 11.5 Å². The molecule has 34 heavy (non-hydrogen) atoms. The Morgan fingerprint density at radius 1 is 0.735 bits per heavy atom. The SMILES string of the molecule is Cc1cc(C(C)(C)C)c(O)c(-c2c(C)c(C)cc(C(C)(C)C)c2OC(=O)C(C)(C)C)c1C.Cl.[Ti]. The molecule has 0 spiro atoms. The van der Waals surface area contributed by atoms with Gasteiger partial charge in [0.2, 0.25) is 0 Å². The first-order valence-corrected chi connectivity index (χ1v) is 11.5. The van der Waals surface area contributed by atoms with Gasteiger partial charge in [-0.15, -0.1) is 12.4 Å². The van der Waals surface area contributed by atoms with Crippen molar-refractivity contribution in [2.45, 2.75) is 101 Å². The van der Waals surface area contributed by atoms with E-state index >= 15 is 0 Å². The van der Waals surface area contributed by atoms with Gasteiger partial charge in [0.05, 0.1) is 5.41 Å². The van der Waals surface area contributed by atoms with Crippen molar-refractivity contribution in [2.24, 2.45) is 5.41 Å². The smallest absolute Gasteiger partial charge is 0.316 e. The van der Waals surface area contributed by atoms with Gasteiger partial charge < -0.3 is 9.84 Å². The van der Waals surface area contributed by atoms with E-state index < -0.39 is 5.41 Å². The molecule has 0 fully saturated rings. The molecule has 0 aromatic heterocycles. The third-order valence-corrected chi connectivity index (χ3v) is 6.29. The van der Waals surface area contributed by atoms with E-state index in [1.807, 2.05) is 34.6 Å². The first-order chi connectivity index (χ1) is 14.3. The van der Waals surface area contributed by atoms with Crippen molar-refractivity contribution in [2.75, 3.05) is 0 Å². The number of ether oxygens (including phenoxy) is 1. The number of aryl methyl sites for hydroxylation is 2. The summed E-state index contributed by atoms with van der Waals surface area (Å²) in [4.78, 5) is 13.1. The van der Waals surface area contributed by atoms with Gasteiger partial charge in [-0.2, -0.15) is 0 Å². The summed E-state index contributed by atoms with van der Waals surface area (Å²) in [6.45, 7) is 26.5. The molecule has 0 heterocycles. The van der Waals surface area contributed by atoms with Crippen LogP contribution in [0.3, 0.4) is 0 Å². The minimum atomic E-state index is -0.647. The van der Waals surface area contributed by atoms with Crippen LogP contribution in [0.1, 0.15) is 95.7 Å². The molecule has 2 aromatic rings. The summed E-state index contributed by atoms with van der Waals surface area (Å²) >= 11 is 0. The van der Waals surface area contributed by atoms with Crippen LogP contribution >= 0.6 is 12.4 Å². The van der Waals surface area contributed by atoms with Gasteiger partial charge in [-0.25, -0.2) is 0 Å². The van der Waals surface area contributed by atoms with E-state index in [9.17, 15) is 9.90 Å². The average Bonchev–Trinajstić information content (AvgIpc) is 2.60. The molecule has 0 radical (unpaired) electrons. The Bertz CT molecular complexity index is 1070. The molecule has 0 saturated heterocycles. The predicted molar refractivity (Wildman–Crippen MR) is 142 cm³/mol. The Morgan fingerprint density at radius 3 is 1.50 bits per heavy atom. The molecule has 3 nitrogen and oxygen atoms in total. The molecule has 2 rings (SSSR count). The van der Waals surface area contributed by atoms with Crippen LogP contribution in [-0.4, -0.2) is 11.1 Å². The Labute approximate surface area is 228 Å². The molecular formula is C29H43ClO3Ti. The number of benzene rings is 2. The summed E-state index contributed by atoms with van der Waals surface area (Å²) in [5.41, 5.74) is 6.53. The second-order valence-electron chi connectivity index (χ2n) is 12.3. The fourth-order valence-corrected chi connectivity index (χ4v) is 3.88. The van der Waals surface area contributed by atoms with Crippen molar-refractivity contribution in [3.63, 3.8) is 0 Å². The Hall–Kier alpha value is -1.29. The average molecular weight is 523 g/mol. The van der Waals surface area contributed by atoms with Gasteiger partial charge in [0.15, 0.2) is 0 Å². The van der Waals surface area contributed by atoms with Crippen LogP contribution in [0.25, 0.3) is 11.1 Å². The number of carbonyl (C=O) groups excluding carboxylic acids is 1. The first kappa shape index (κ1) is 32.7. The van der Waals surface area contributed by atoms with Crippen LogP contribution in [-0.2, 0) is 37.3 Å². The predicted octanol–water partition coefficient (Wildman–Crippen LogP) is 8.26. The number of phenols is 1. The van der Waals surface area contributed by atoms with Crippen molar-refractivity contribution in [3.05, 3.63) is 45.5 Å². The molecule has 0 unspecified atom stereocenters. The molecule has 0 aliphatic carbocycles. The van der Waals surface area contributed by atoms with Crippen LogP contribution in [0.4, 0.5) is 0 Å². The van der Waals surface area contributed by atoms with Gasteiger partial charge >= 0.3 is 5.97 Å². The maximum atomic E-state index is 13.1. The van der Waals surface area contributed by atoms with Gasteiger partial charge in [0, 0.05) is 44.0 Å². The largest absolute Gasteiger partial charge is 0.507 e. The standard InChI is InChI=1S/C29H42O3.ClH.Ti/c1-16-14-20(27(5,6)7)24(30)22(18(16)3)23-19(4)17(2)15-21(28(8,9)10)25(23)32-26(31)29(11,12)13;;/h14-15,30H,1-13H3;1H;. The third kappa shape index (κ3) is 6.48. The number of hydrogen-bond donors (Lipinski definition) is 1. The fourth-order valence-electron chi connectivity index (χ4n) is 3.88. The zero-order valence-electron chi connectivity index (χ0n) is 23.3. The second kappa shape index (κ2) is 10.8. The van der Waals surface area contributed by atoms with Crippen LogP contribution in [0.15, 0.2) is 12.1 Å². The van der Waals surface area contributed by atoms with Crippen molar-refractivity contribution in [3.8, 4) is 22.6 Å². The maximum absolute atomic E-state index is 13.1. The minimum Gasteiger partial charge on any atom is -0.507 e. The van der Waals surface area contributed by atoms with E-state index in [1.165, 1.54) is 0 Å². The van der Waals surface area contributed by atoms with Gasteiger partial charge in [-0.3, -0.25) is 4.79 Å². The molecule has 1 N–H and O–H groups in total. The molecule has 0 atom stereocenters. The summed E-state index contributed by atoms with van der Waals surface area (Å²) in [5, 5.41) is 11.6. The van der Waals surface area contributed by atoms with E-state index in [4.69, 9.17) is 4.74 Å². The van der Waals surface area contributed by atoms with E-state index in [-0.39, 0.29) is 56.7 Å². The van der Waals surface area contributed by atoms with E-state index in [1.54, 1.807) is 0 Å². The normalized spacial score (nSPS) is 12.0. The first-order valence-electron chi connectivity index (χ1n) is 11.5. The monoisotopic (exact) mass is 522 g/mol. The topological polar surface area (TPSA) is 46.5 Å². The van der Waals surface area contributed by atoms with Crippen LogP contribution in [0.2, 0.25) is 0 Å². The number of halogens is 1. The minimum absolute atomic E-state index is 0. The molecule has 0 aliphatic heterocycles. The van der Waals surface area contributed by atoms with Crippen molar-refractivity contribution in [1.29, 1.82) is 0 Å². The molecule has 0 bridgehead atoms. The molecule has 0 saturated carbocycles. The number of carbonyl (C=O) groups is 1. The Balaban J connectivity index is 0.00000544. The quantitative estimate of drug-likeness (QED) is 0.245. The molecule has 0 aliphatic rings. The summed E-state index contributed by atoms with van der Waals surface area (Å²) in [6.07, 6.45) is 0. The Morgan fingerprint density at radius 2 is 1.12 bits per heavy atom. The van der Waals surface area contributed by atoms with Crippen molar-refractivity contribution >= 4 is 18.4 Å². The summed E-state index contributed by atoms with van der Waals surface area (Å²) in [5.74, 6) is 0.542. The number of rotatable bonds is 2. The molecule has 188 valence electrons. The summed E-state index contributed by atoms with van der Waals surface area (Å²) < 4.78 is 6.18. The van der Waals surface area contributed by atoms with Gasteiger partial charge in [-0.05, 0) is 81.5 Å². The molecule has 5 heteroatoms. The molecule has 0 amide bonds. The molecule has 2 aromatic carbocycles. The molecular weight excluding hydrogens is 480 g/mol. The van der Waals surface area contributed by atoms with E-state index in [2.05, 4.69) is 67.5 Å². The van der Waals surface area contributed by atoms with Crippen molar-refractivity contribution in [1.82, 2.24) is 0 Å². The second-order valence-corrected chi connectivity index (χ2v) is 12.3. The van der Waals surface area contributed by atoms with Gasteiger partial charge in [0.25, 0.3) is 0 Å². The van der Waals surface area contributed by atoms with Gasteiger partial charge in [0.1, 0.15) is 11.5 Å². The zero-order chi connectivity index (χ0) is 25.0. The zero-order valence-corrected chi connectivity index (χ0v) is 25.7. The van der Waals surface area contributed by atoms with Crippen LogP contribution in [0, 0.1) is 33.1 Å². The summed E-state index contributed by atoms with van der Waals surface area (Å²) in [6, 6.07) is 4.20. The number of hydrogen-bond acceptors (Lipinski definition) is 3. The van der Waals surface area contributed by atoms with Crippen molar-refractivity contribution < 1.29 is 36.4 Å². The summed E-state index contributed by atoms with van der Waals surface area (Å²) in [7, 11) is 0. The number of phenolic OH excluding ortho intramolecular Hbond substituents is 1. The van der Waals surface area contributed by atoms with Gasteiger partial charge in [-0.1, -0.05) is 53.7 Å². The Kier molecular flexibility index (Phi) is 10.4. The van der Waals surface area contributed by atoms with E-state index in [0.717, 1.165) is 44.5 Å². The number of esters is 1. The van der Waals surface area contributed by atoms with Crippen LogP contribution < -0.4 is 4.74 Å². The number of aromatic hydroxyl groups is 1. The maximum Gasteiger partial charge on any atom is 0.316 e. The van der Waals surface area contributed by atoms with E-state index in [0.29, 0.717) is 5.75 Å². The fraction of sp³-hybridized carbons (Fsp3) is 0.552. The third-order valence-electron chi connectivity index (χ3n) is 6.29.